The van der Waals surface area contributed by atoms with Crippen LogP contribution in [0, 0.1) is 12.7 Å². The van der Waals surface area contributed by atoms with Gasteiger partial charge in [-0.05, 0) is 35.0 Å². The van der Waals surface area contributed by atoms with Crippen LogP contribution in [0.1, 0.15) is 5.82 Å². The predicted molar refractivity (Wildman–Crippen MR) is 60.9 cm³/mol. The van der Waals surface area contributed by atoms with Crippen molar-refractivity contribution in [3.63, 3.8) is 0 Å². The molecule has 5 heteroatoms. The average Bonchev–Trinajstić information content (AvgIpc) is 2.24. The summed E-state index contributed by atoms with van der Waals surface area (Å²) in [6.45, 7) is 1.76. The van der Waals surface area contributed by atoms with Crippen LogP contribution in [0.4, 0.5) is 4.39 Å². The van der Waals surface area contributed by atoms with Gasteiger partial charge in [-0.2, -0.15) is 4.98 Å². The largest absolute Gasteiger partial charge is 0.439 e. The van der Waals surface area contributed by atoms with E-state index in [-0.39, 0.29) is 5.82 Å². The lowest BCUT2D eigenvalue weighted by molar-refractivity contribution is 0.454. The number of halogens is 2. The smallest absolute Gasteiger partial charge is 0.222 e. The first-order valence-electron chi connectivity index (χ1n) is 4.58. The van der Waals surface area contributed by atoms with Crippen molar-refractivity contribution in [2.45, 2.75) is 6.92 Å². The van der Waals surface area contributed by atoms with Crippen LogP contribution >= 0.6 is 15.9 Å². The van der Waals surface area contributed by atoms with E-state index in [0.29, 0.717) is 21.9 Å². The van der Waals surface area contributed by atoms with Gasteiger partial charge in [-0.15, -0.1) is 0 Å². The van der Waals surface area contributed by atoms with Crippen molar-refractivity contribution in [3.8, 4) is 11.6 Å². The van der Waals surface area contributed by atoms with Crippen molar-refractivity contribution in [2.24, 2.45) is 0 Å². The summed E-state index contributed by atoms with van der Waals surface area (Å²) in [7, 11) is 0. The van der Waals surface area contributed by atoms with Gasteiger partial charge in [0, 0.05) is 18.3 Å². The van der Waals surface area contributed by atoms with E-state index in [4.69, 9.17) is 4.74 Å². The van der Waals surface area contributed by atoms with Gasteiger partial charge in [0.2, 0.25) is 5.88 Å². The summed E-state index contributed by atoms with van der Waals surface area (Å²) in [6, 6.07) is 6.15. The number of hydrogen-bond donors (Lipinski definition) is 0. The quantitative estimate of drug-likeness (QED) is 0.846. The molecule has 0 atom stereocenters. The van der Waals surface area contributed by atoms with Crippen molar-refractivity contribution in [1.82, 2.24) is 9.97 Å². The Balaban J connectivity index is 2.24. The average molecular weight is 283 g/mol. The van der Waals surface area contributed by atoms with Gasteiger partial charge in [0.15, 0.2) is 0 Å². The molecule has 2 aromatic rings. The molecule has 0 fully saturated rings. The number of hydrogen-bond acceptors (Lipinski definition) is 3. The topological polar surface area (TPSA) is 35.0 Å². The van der Waals surface area contributed by atoms with Crippen molar-refractivity contribution in [3.05, 3.63) is 46.6 Å². The highest BCUT2D eigenvalue weighted by Gasteiger charge is 2.03. The first-order valence-corrected chi connectivity index (χ1v) is 5.37. The van der Waals surface area contributed by atoms with Gasteiger partial charge in [0.05, 0.1) is 4.47 Å². The second kappa shape index (κ2) is 4.57. The summed E-state index contributed by atoms with van der Waals surface area (Å²) < 4.78 is 19.0. The van der Waals surface area contributed by atoms with Crippen LogP contribution < -0.4 is 4.74 Å². The summed E-state index contributed by atoms with van der Waals surface area (Å²) in [6.07, 6.45) is 1.59. The fraction of sp³-hybridized carbons (Fsp3) is 0.0909. The lowest BCUT2D eigenvalue weighted by atomic mass is 10.3. The van der Waals surface area contributed by atoms with Crippen LogP contribution in [-0.4, -0.2) is 9.97 Å². The predicted octanol–water partition coefficient (Wildman–Crippen LogP) is 3.48. The van der Waals surface area contributed by atoms with Crippen molar-refractivity contribution in [1.29, 1.82) is 0 Å². The minimum absolute atomic E-state index is 0.372. The third-order valence-electron chi connectivity index (χ3n) is 1.86. The molecule has 0 aliphatic rings. The van der Waals surface area contributed by atoms with Crippen molar-refractivity contribution < 1.29 is 9.13 Å². The molecule has 16 heavy (non-hydrogen) atoms. The van der Waals surface area contributed by atoms with Crippen LogP contribution in [0.15, 0.2) is 34.9 Å². The maximum absolute atomic E-state index is 13.2. The Labute approximate surface area is 100 Å². The molecule has 0 aliphatic heterocycles. The number of nitrogens with zero attached hydrogens (tertiary/aromatic N) is 2. The molecule has 0 radical (unpaired) electrons. The number of ether oxygens (including phenoxy) is 1. The molecule has 82 valence electrons. The van der Waals surface area contributed by atoms with Gasteiger partial charge in [0.25, 0.3) is 0 Å². The van der Waals surface area contributed by atoms with Gasteiger partial charge < -0.3 is 4.74 Å². The Hall–Kier alpha value is -1.49. The molecule has 3 nitrogen and oxygen atoms in total. The molecule has 0 unspecified atom stereocenters. The first-order chi connectivity index (χ1) is 7.65. The lowest BCUT2D eigenvalue weighted by Crippen LogP contribution is -1.92. The molecule has 0 bridgehead atoms. The highest BCUT2D eigenvalue weighted by atomic mass is 79.9. The van der Waals surface area contributed by atoms with Crippen LogP contribution in [-0.2, 0) is 0 Å². The van der Waals surface area contributed by atoms with Gasteiger partial charge in [-0.3, -0.25) is 0 Å². The van der Waals surface area contributed by atoms with Gasteiger partial charge in [0.1, 0.15) is 17.4 Å². The van der Waals surface area contributed by atoms with E-state index in [1.165, 1.54) is 6.07 Å². The van der Waals surface area contributed by atoms with E-state index >= 15 is 0 Å². The monoisotopic (exact) mass is 282 g/mol. The molecule has 0 N–H and O–H groups in total. The molecule has 1 aromatic heterocycles. The molecule has 0 saturated heterocycles. The van der Waals surface area contributed by atoms with Crippen molar-refractivity contribution >= 4 is 15.9 Å². The number of benzene rings is 1. The van der Waals surface area contributed by atoms with Crippen LogP contribution in [0.3, 0.4) is 0 Å². The summed E-state index contributed by atoms with van der Waals surface area (Å²) in [5, 5.41) is 0. The van der Waals surface area contributed by atoms with Gasteiger partial charge in [-0.1, -0.05) is 0 Å². The van der Waals surface area contributed by atoms with Gasteiger partial charge >= 0.3 is 0 Å². The minimum atomic E-state index is -0.372. The van der Waals surface area contributed by atoms with Crippen LogP contribution in [0.25, 0.3) is 0 Å². The number of rotatable bonds is 2. The normalized spacial score (nSPS) is 10.2. The molecular formula is C11H8BrFN2O. The molecule has 0 saturated carbocycles. The molecule has 1 heterocycles. The minimum Gasteiger partial charge on any atom is -0.439 e. The summed E-state index contributed by atoms with van der Waals surface area (Å²) in [4.78, 5) is 7.99. The Kier molecular flexibility index (Phi) is 3.14. The molecule has 2 rings (SSSR count). The highest BCUT2D eigenvalue weighted by Crippen LogP contribution is 2.24. The first kappa shape index (κ1) is 11.0. The Morgan fingerprint density at radius 3 is 2.81 bits per heavy atom. The zero-order valence-electron chi connectivity index (χ0n) is 8.45. The van der Waals surface area contributed by atoms with E-state index < -0.39 is 0 Å². The van der Waals surface area contributed by atoms with Gasteiger partial charge in [-0.25, -0.2) is 9.37 Å². The zero-order chi connectivity index (χ0) is 11.5. The molecule has 0 amide bonds. The third-order valence-corrected chi connectivity index (χ3v) is 2.51. The van der Waals surface area contributed by atoms with E-state index in [1.54, 1.807) is 31.3 Å². The SMILES string of the molecule is Cc1nccc(Oc2ccc(Br)c(F)c2)n1. The molecule has 0 spiro atoms. The lowest BCUT2D eigenvalue weighted by Gasteiger charge is -2.05. The summed E-state index contributed by atoms with van der Waals surface area (Å²) in [5.41, 5.74) is 0. The number of aromatic nitrogens is 2. The molecular weight excluding hydrogens is 275 g/mol. The van der Waals surface area contributed by atoms with E-state index in [2.05, 4.69) is 25.9 Å². The van der Waals surface area contributed by atoms with E-state index in [0.717, 1.165) is 0 Å². The fourth-order valence-electron chi connectivity index (χ4n) is 1.15. The fourth-order valence-corrected chi connectivity index (χ4v) is 1.40. The number of aryl methyl sites for hydroxylation is 1. The molecule has 0 aliphatic carbocycles. The third kappa shape index (κ3) is 2.55. The summed E-state index contributed by atoms with van der Waals surface area (Å²) in [5.74, 6) is 1.03. The second-order valence-corrected chi connectivity index (χ2v) is 3.97. The van der Waals surface area contributed by atoms with Crippen LogP contribution in [0.5, 0.6) is 11.6 Å². The van der Waals surface area contributed by atoms with E-state index in [1.807, 2.05) is 0 Å². The Bertz CT molecular complexity index is 519. The Morgan fingerprint density at radius 1 is 1.31 bits per heavy atom. The highest BCUT2D eigenvalue weighted by molar-refractivity contribution is 9.10. The second-order valence-electron chi connectivity index (χ2n) is 3.12. The Morgan fingerprint density at radius 2 is 2.12 bits per heavy atom. The van der Waals surface area contributed by atoms with Crippen LogP contribution in [0.2, 0.25) is 0 Å². The van der Waals surface area contributed by atoms with E-state index in [9.17, 15) is 4.39 Å². The maximum atomic E-state index is 13.2. The standard InChI is InChI=1S/C11H8BrFN2O/c1-7-14-5-4-11(15-7)16-8-2-3-9(12)10(13)6-8/h2-6H,1H3. The molecule has 1 aromatic carbocycles. The van der Waals surface area contributed by atoms with Crippen molar-refractivity contribution in [2.75, 3.05) is 0 Å². The summed E-state index contributed by atoms with van der Waals surface area (Å²) >= 11 is 3.07. The maximum Gasteiger partial charge on any atom is 0.222 e. The zero-order valence-corrected chi connectivity index (χ0v) is 10.0.